The minimum Gasteiger partial charge on any atom is -0.383 e. The van der Waals surface area contributed by atoms with Gasteiger partial charge in [0.2, 0.25) is 0 Å². The van der Waals surface area contributed by atoms with E-state index >= 15 is 0 Å². The minimum atomic E-state index is -0.234. The molecule has 0 atom stereocenters. The molecule has 0 bridgehead atoms. The smallest absolute Gasteiger partial charge is 0.279 e. The Labute approximate surface area is 146 Å². The summed E-state index contributed by atoms with van der Waals surface area (Å²) in [5.41, 5.74) is 1.64. The molecular weight excluding hydrogens is 376 g/mol. The van der Waals surface area contributed by atoms with Crippen LogP contribution in [0.15, 0.2) is 58.0 Å². The minimum absolute atomic E-state index is 0.234. The van der Waals surface area contributed by atoms with Crippen LogP contribution in [0.5, 0.6) is 0 Å². The Morgan fingerprint density at radius 2 is 2.04 bits per heavy atom. The van der Waals surface area contributed by atoms with E-state index in [0.717, 1.165) is 14.7 Å². The predicted octanol–water partition coefficient (Wildman–Crippen LogP) is 3.85. The van der Waals surface area contributed by atoms with E-state index in [1.807, 2.05) is 41.0 Å². The molecule has 0 aliphatic heterocycles. The van der Waals surface area contributed by atoms with Gasteiger partial charge >= 0.3 is 0 Å². The number of hydrogen-bond acceptors (Lipinski definition) is 3. The summed E-state index contributed by atoms with van der Waals surface area (Å²) in [6, 6.07) is 15.2. The second-order valence-electron chi connectivity index (χ2n) is 4.92. The summed E-state index contributed by atoms with van der Waals surface area (Å²) in [5, 5.41) is 0. The molecule has 0 aliphatic carbocycles. The van der Waals surface area contributed by atoms with Gasteiger partial charge < -0.3 is 9.30 Å². The van der Waals surface area contributed by atoms with Gasteiger partial charge in [-0.1, -0.05) is 45.5 Å². The third kappa shape index (κ3) is 3.60. The van der Waals surface area contributed by atoms with E-state index < -0.39 is 0 Å². The molecule has 23 heavy (non-hydrogen) atoms. The summed E-state index contributed by atoms with van der Waals surface area (Å²) in [7, 11) is 1.66. The first-order valence-corrected chi connectivity index (χ1v) is 8.72. The van der Waals surface area contributed by atoms with Gasteiger partial charge in [-0.2, -0.15) is 4.99 Å². The number of hydrogen-bond donors (Lipinski definition) is 0. The Morgan fingerprint density at radius 1 is 1.26 bits per heavy atom. The summed E-state index contributed by atoms with van der Waals surface area (Å²) in [6.07, 6.45) is 0. The van der Waals surface area contributed by atoms with Crippen LogP contribution >= 0.6 is 27.3 Å². The predicted molar refractivity (Wildman–Crippen MR) is 95.7 cm³/mol. The van der Waals surface area contributed by atoms with Crippen molar-refractivity contribution in [2.24, 2.45) is 4.99 Å². The molecule has 6 heteroatoms. The van der Waals surface area contributed by atoms with Gasteiger partial charge in [-0.05, 0) is 30.3 Å². The lowest BCUT2D eigenvalue weighted by molar-refractivity contribution is 0.0997. The number of nitrogens with zero attached hydrogens (tertiary/aromatic N) is 2. The normalized spacial score (nSPS) is 12.0. The monoisotopic (exact) mass is 390 g/mol. The molecule has 1 amide bonds. The van der Waals surface area contributed by atoms with Gasteiger partial charge in [0.05, 0.1) is 16.8 Å². The average molecular weight is 391 g/mol. The summed E-state index contributed by atoms with van der Waals surface area (Å²) in [6.45, 7) is 1.22. The molecule has 0 saturated carbocycles. The number of aromatic nitrogens is 1. The van der Waals surface area contributed by atoms with Crippen LogP contribution in [0.2, 0.25) is 0 Å². The molecule has 3 aromatic rings. The maximum atomic E-state index is 12.4. The number of fused-ring (bicyclic) bond motifs is 1. The first-order chi connectivity index (χ1) is 11.2. The molecule has 0 spiro atoms. The number of methoxy groups -OCH3 is 1. The van der Waals surface area contributed by atoms with Gasteiger partial charge in [0, 0.05) is 23.7 Å². The average Bonchev–Trinajstić information content (AvgIpc) is 2.89. The molecule has 118 valence electrons. The van der Waals surface area contributed by atoms with Crippen LogP contribution in [0.4, 0.5) is 0 Å². The zero-order valence-corrected chi connectivity index (χ0v) is 14.9. The van der Waals surface area contributed by atoms with E-state index in [2.05, 4.69) is 20.9 Å². The molecule has 0 unspecified atom stereocenters. The third-order valence-corrected chi connectivity index (χ3v) is 4.92. The number of rotatable bonds is 4. The fraction of sp³-hybridized carbons (Fsp3) is 0.176. The van der Waals surface area contributed by atoms with E-state index in [4.69, 9.17) is 4.74 Å². The van der Waals surface area contributed by atoms with Crippen LogP contribution in [0.1, 0.15) is 10.4 Å². The quantitative estimate of drug-likeness (QED) is 0.678. The van der Waals surface area contributed by atoms with Crippen molar-refractivity contribution in [1.29, 1.82) is 0 Å². The molecule has 1 heterocycles. The molecule has 0 N–H and O–H groups in total. The number of carbonyl (C=O) groups excluding carboxylic acids is 1. The third-order valence-electron chi connectivity index (χ3n) is 3.38. The first kappa shape index (κ1) is 16.1. The van der Waals surface area contributed by atoms with Crippen LogP contribution in [0.25, 0.3) is 10.2 Å². The number of thiazole rings is 1. The Bertz CT molecular complexity index is 900. The summed E-state index contributed by atoms with van der Waals surface area (Å²) in [5.74, 6) is -0.234. The summed E-state index contributed by atoms with van der Waals surface area (Å²) < 4.78 is 9.29. The van der Waals surface area contributed by atoms with Crippen molar-refractivity contribution >= 4 is 43.4 Å². The second kappa shape index (κ2) is 7.21. The van der Waals surface area contributed by atoms with Gasteiger partial charge in [0.15, 0.2) is 4.80 Å². The van der Waals surface area contributed by atoms with Crippen LogP contribution in [0.3, 0.4) is 0 Å². The van der Waals surface area contributed by atoms with Crippen molar-refractivity contribution in [3.8, 4) is 0 Å². The lowest BCUT2D eigenvalue weighted by Crippen LogP contribution is -2.19. The zero-order valence-electron chi connectivity index (χ0n) is 12.5. The first-order valence-electron chi connectivity index (χ1n) is 7.11. The van der Waals surface area contributed by atoms with Gasteiger partial charge in [0.1, 0.15) is 0 Å². The van der Waals surface area contributed by atoms with Gasteiger partial charge in [-0.25, -0.2) is 0 Å². The number of benzene rings is 2. The van der Waals surface area contributed by atoms with Crippen LogP contribution in [0, 0.1) is 0 Å². The molecule has 2 aromatic carbocycles. The van der Waals surface area contributed by atoms with Crippen molar-refractivity contribution in [1.82, 2.24) is 4.57 Å². The Morgan fingerprint density at radius 3 is 2.78 bits per heavy atom. The van der Waals surface area contributed by atoms with Gasteiger partial charge in [-0.3, -0.25) is 4.79 Å². The van der Waals surface area contributed by atoms with Crippen LogP contribution in [-0.4, -0.2) is 24.2 Å². The number of carbonyl (C=O) groups is 1. The lowest BCUT2D eigenvalue weighted by atomic mass is 10.2. The SMILES string of the molecule is COCCn1c(=NC(=O)c2ccccc2)sc2cc(Br)ccc21. The van der Waals surface area contributed by atoms with Crippen LogP contribution < -0.4 is 4.80 Å². The molecule has 4 nitrogen and oxygen atoms in total. The number of halogens is 1. The molecule has 3 rings (SSSR count). The lowest BCUT2D eigenvalue weighted by Gasteiger charge is -2.04. The van der Waals surface area contributed by atoms with Crippen molar-refractivity contribution in [3.05, 3.63) is 63.4 Å². The summed E-state index contributed by atoms with van der Waals surface area (Å²) >= 11 is 4.98. The fourth-order valence-corrected chi connectivity index (χ4v) is 3.87. The molecule has 1 aromatic heterocycles. The Balaban J connectivity index is 2.11. The van der Waals surface area contributed by atoms with E-state index in [1.165, 1.54) is 11.3 Å². The van der Waals surface area contributed by atoms with E-state index in [0.29, 0.717) is 23.5 Å². The van der Waals surface area contributed by atoms with E-state index in [9.17, 15) is 4.79 Å². The van der Waals surface area contributed by atoms with Crippen molar-refractivity contribution in [3.63, 3.8) is 0 Å². The molecular formula is C17H15BrN2O2S. The maximum absolute atomic E-state index is 12.4. The van der Waals surface area contributed by atoms with E-state index in [-0.39, 0.29) is 5.91 Å². The molecule has 0 aliphatic rings. The highest BCUT2D eigenvalue weighted by Crippen LogP contribution is 2.22. The number of ether oxygens (including phenoxy) is 1. The van der Waals surface area contributed by atoms with Crippen molar-refractivity contribution < 1.29 is 9.53 Å². The highest BCUT2D eigenvalue weighted by atomic mass is 79.9. The molecule has 0 saturated heterocycles. The molecule has 0 radical (unpaired) electrons. The van der Waals surface area contributed by atoms with Crippen molar-refractivity contribution in [2.75, 3.05) is 13.7 Å². The Hall–Kier alpha value is -1.76. The highest BCUT2D eigenvalue weighted by Gasteiger charge is 2.09. The van der Waals surface area contributed by atoms with Gasteiger partial charge in [0.25, 0.3) is 5.91 Å². The topological polar surface area (TPSA) is 43.6 Å². The Kier molecular flexibility index (Phi) is 5.05. The summed E-state index contributed by atoms with van der Waals surface area (Å²) in [4.78, 5) is 17.4. The van der Waals surface area contributed by atoms with Crippen LogP contribution in [-0.2, 0) is 11.3 Å². The highest BCUT2D eigenvalue weighted by molar-refractivity contribution is 9.10. The molecule has 0 fully saturated rings. The maximum Gasteiger partial charge on any atom is 0.279 e. The number of amides is 1. The zero-order chi connectivity index (χ0) is 16.2. The fourth-order valence-electron chi connectivity index (χ4n) is 2.26. The van der Waals surface area contributed by atoms with Gasteiger partial charge in [-0.15, -0.1) is 0 Å². The largest absolute Gasteiger partial charge is 0.383 e. The second-order valence-corrected chi connectivity index (χ2v) is 6.85. The van der Waals surface area contributed by atoms with Crippen molar-refractivity contribution in [2.45, 2.75) is 6.54 Å². The van der Waals surface area contributed by atoms with E-state index in [1.54, 1.807) is 19.2 Å². The standard InChI is InChI=1S/C17H15BrN2O2S/c1-22-10-9-20-14-8-7-13(18)11-15(14)23-17(20)19-16(21)12-5-3-2-4-6-12/h2-8,11H,9-10H2,1H3.